The van der Waals surface area contributed by atoms with Gasteiger partial charge in [0.15, 0.2) is 0 Å². The fourth-order valence-corrected chi connectivity index (χ4v) is 3.04. The normalized spacial score (nSPS) is 13.6. The van der Waals surface area contributed by atoms with E-state index in [1.807, 2.05) is 0 Å². The van der Waals surface area contributed by atoms with Crippen molar-refractivity contribution in [3.8, 4) is 0 Å². The molecule has 1 rings (SSSR count). The van der Waals surface area contributed by atoms with Crippen molar-refractivity contribution in [1.82, 2.24) is 0 Å². The van der Waals surface area contributed by atoms with Crippen LogP contribution in [0.3, 0.4) is 0 Å². The van der Waals surface area contributed by atoms with Gasteiger partial charge in [-0.25, -0.2) is 13.6 Å². The van der Waals surface area contributed by atoms with Gasteiger partial charge in [-0.15, -0.1) is 0 Å². The summed E-state index contributed by atoms with van der Waals surface area (Å²) in [6.45, 7) is 6.38. The first-order valence-corrected chi connectivity index (χ1v) is 6.79. The minimum Gasteiger partial charge on any atom is -0.478 e. The molecule has 0 spiro atoms. The lowest BCUT2D eigenvalue weighted by molar-refractivity contribution is 0.0695. The van der Waals surface area contributed by atoms with Gasteiger partial charge in [-0.05, 0) is 39.3 Å². The molecule has 0 heterocycles. The topological polar surface area (TPSA) is 54.4 Å². The molecule has 0 radical (unpaired) electrons. The Balaban J connectivity index is 3.61. The van der Waals surface area contributed by atoms with Crippen LogP contribution < -0.4 is 0 Å². The molecule has 0 aliphatic rings. The molecule has 0 amide bonds. The summed E-state index contributed by atoms with van der Waals surface area (Å²) in [5.41, 5.74) is -0.327. The number of aromatic carboxylic acids is 1. The molecular formula is C13H16F2O3S. The van der Waals surface area contributed by atoms with Gasteiger partial charge in [-0.3, -0.25) is 4.21 Å². The predicted octanol–water partition coefficient (Wildman–Crippen LogP) is 3.54. The minimum atomic E-state index is -2.79. The largest absolute Gasteiger partial charge is 0.478 e. The number of halogens is 2. The maximum Gasteiger partial charge on any atom is 0.335 e. The molecule has 0 unspecified atom stereocenters. The summed E-state index contributed by atoms with van der Waals surface area (Å²) in [4.78, 5) is 11.0. The van der Waals surface area contributed by atoms with Gasteiger partial charge < -0.3 is 5.11 Å². The Hall–Kier alpha value is -1.30. The van der Waals surface area contributed by atoms with E-state index in [9.17, 15) is 17.8 Å². The van der Waals surface area contributed by atoms with Gasteiger partial charge in [0.2, 0.25) is 0 Å². The van der Waals surface area contributed by atoms with Crippen molar-refractivity contribution in [1.29, 1.82) is 0 Å². The first kappa shape index (κ1) is 15.8. The van der Waals surface area contributed by atoms with E-state index in [1.165, 1.54) is 6.92 Å². The van der Waals surface area contributed by atoms with Crippen molar-refractivity contribution in [3.63, 3.8) is 0 Å². The fourth-order valence-electron chi connectivity index (χ4n) is 1.67. The molecule has 1 atom stereocenters. The Kier molecular flexibility index (Phi) is 4.45. The average Bonchev–Trinajstić information content (AvgIpc) is 2.25. The number of hydrogen-bond acceptors (Lipinski definition) is 2. The first-order chi connectivity index (χ1) is 8.57. The average molecular weight is 290 g/mol. The van der Waals surface area contributed by atoms with Crippen molar-refractivity contribution in [2.24, 2.45) is 0 Å². The second-order valence-corrected chi connectivity index (χ2v) is 7.31. The summed E-state index contributed by atoms with van der Waals surface area (Å²) in [6, 6.07) is 2.17. The van der Waals surface area contributed by atoms with E-state index in [4.69, 9.17) is 5.11 Å². The van der Waals surface area contributed by atoms with Crippen molar-refractivity contribution in [2.75, 3.05) is 0 Å². The van der Waals surface area contributed by atoms with Gasteiger partial charge in [0.05, 0.1) is 21.3 Å². The summed E-state index contributed by atoms with van der Waals surface area (Å²) >= 11 is 0. The number of carbonyl (C=O) groups is 1. The van der Waals surface area contributed by atoms with Crippen molar-refractivity contribution >= 4 is 16.8 Å². The standard InChI is InChI=1S/C13H16F2O3S/c1-7-8(12(16)17)5-6-9(11(14)15)10(7)19(18)13(2,3)4/h5-6,11H,1-4H3,(H,16,17)/t19-/m1/s1. The van der Waals surface area contributed by atoms with E-state index in [1.54, 1.807) is 20.8 Å². The molecule has 3 nitrogen and oxygen atoms in total. The Morgan fingerprint density at radius 3 is 2.21 bits per heavy atom. The van der Waals surface area contributed by atoms with Crippen molar-refractivity contribution in [2.45, 2.75) is 43.8 Å². The lowest BCUT2D eigenvalue weighted by Crippen LogP contribution is -2.24. The van der Waals surface area contributed by atoms with Crippen LogP contribution in [0.5, 0.6) is 0 Å². The van der Waals surface area contributed by atoms with Crippen LogP contribution in [0.15, 0.2) is 17.0 Å². The Bertz CT molecular complexity index is 533. The Labute approximate surface area is 113 Å². The van der Waals surface area contributed by atoms with Crippen LogP contribution in [0.4, 0.5) is 8.78 Å². The van der Waals surface area contributed by atoms with Crippen LogP contribution >= 0.6 is 0 Å². The highest BCUT2D eigenvalue weighted by Gasteiger charge is 2.29. The van der Waals surface area contributed by atoms with Crippen LogP contribution in [0.25, 0.3) is 0 Å². The quantitative estimate of drug-likeness (QED) is 0.926. The van der Waals surface area contributed by atoms with Gasteiger partial charge in [0, 0.05) is 10.3 Å². The molecule has 6 heteroatoms. The zero-order valence-corrected chi connectivity index (χ0v) is 12.0. The lowest BCUT2D eigenvalue weighted by Gasteiger charge is -2.22. The number of hydrogen-bond donors (Lipinski definition) is 1. The number of alkyl halides is 2. The van der Waals surface area contributed by atoms with Gasteiger partial charge in [0.25, 0.3) is 6.43 Å². The van der Waals surface area contributed by atoms with Crippen molar-refractivity contribution in [3.05, 3.63) is 28.8 Å². The van der Waals surface area contributed by atoms with Gasteiger partial charge in [-0.2, -0.15) is 0 Å². The number of carboxylic acids is 1. The monoisotopic (exact) mass is 290 g/mol. The van der Waals surface area contributed by atoms with E-state index in [0.29, 0.717) is 0 Å². The molecule has 0 aromatic heterocycles. The highest BCUT2D eigenvalue weighted by Crippen LogP contribution is 2.33. The smallest absolute Gasteiger partial charge is 0.335 e. The van der Waals surface area contributed by atoms with Crippen LogP contribution in [0.2, 0.25) is 0 Å². The van der Waals surface area contributed by atoms with E-state index in [-0.39, 0.29) is 21.6 Å². The third-order valence-corrected chi connectivity index (χ3v) is 4.67. The molecule has 0 bridgehead atoms. The Morgan fingerprint density at radius 1 is 1.32 bits per heavy atom. The molecule has 0 saturated heterocycles. The molecule has 19 heavy (non-hydrogen) atoms. The molecule has 0 aliphatic carbocycles. The van der Waals surface area contributed by atoms with Gasteiger partial charge in [-0.1, -0.05) is 6.07 Å². The Morgan fingerprint density at radius 2 is 1.84 bits per heavy atom. The highest BCUT2D eigenvalue weighted by molar-refractivity contribution is 7.86. The fraction of sp³-hybridized carbons (Fsp3) is 0.462. The lowest BCUT2D eigenvalue weighted by atomic mass is 10.1. The third kappa shape index (κ3) is 3.18. The summed E-state index contributed by atoms with van der Waals surface area (Å²) < 4.78 is 37.6. The van der Waals surface area contributed by atoms with E-state index < -0.39 is 27.9 Å². The zero-order chi connectivity index (χ0) is 15.0. The molecule has 1 aromatic rings. The second kappa shape index (κ2) is 5.36. The summed E-state index contributed by atoms with van der Waals surface area (Å²) in [5, 5.41) is 9.02. The number of carboxylic acid groups (broad SMARTS) is 1. The molecule has 0 fully saturated rings. The van der Waals surface area contributed by atoms with Crippen LogP contribution in [0, 0.1) is 6.92 Å². The summed E-state index contributed by atoms with van der Waals surface area (Å²) in [7, 11) is -1.71. The van der Waals surface area contributed by atoms with Crippen LogP contribution in [-0.4, -0.2) is 20.0 Å². The number of rotatable bonds is 3. The predicted molar refractivity (Wildman–Crippen MR) is 69.3 cm³/mol. The van der Waals surface area contributed by atoms with E-state index >= 15 is 0 Å². The van der Waals surface area contributed by atoms with Crippen molar-refractivity contribution < 1.29 is 22.9 Å². The maximum absolute atomic E-state index is 13.0. The van der Waals surface area contributed by atoms with E-state index in [0.717, 1.165) is 12.1 Å². The van der Waals surface area contributed by atoms with Crippen LogP contribution in [0.1, 0.15) is 48.7 Å². The van der Waals surface area contributed by atoms with Gasteiger partial charge >= 0.3 is 5.97 Å². The molecule has 1 N–H and O–H groups in total. The highest BCUT2D eigenvalue weighted by atomic mass is 32.2. The second-order valence-electron chi connectivity index (χ2n) is 5.14. The molecule has 0 aliphatic heterocycles. The first-order valence-electron chi connectivity index (χ1n) is 5.64. The summed E-state index contributed by atoms with van der Waals surface area (Å²) in [6.07, 6.45) is -2.79. The third-order valence-electron chi connectivity index (χ3n) is 2.64. The minimum absolute atomic E-state index is 0.0672. The maximum atomic E-state index is 13.0. The zero-order valence-electron chi connectivity index (χ0n) is 11.2. The summed E-state index contributed by atoms with van der Waals surface area (Å²) in [5.74, 6) is -1.22. The molecule has 0 saturated carbocycles. The number of benzene rings is 1. The molecule has 106 valence electrons. The van der Waals surface area contributed by atoms with Gasteiger partial charge in [0.1, 0.15) is 0 Å². The SMILES string of the molecule is Cc1c(C(=O)O)ccc(C(F)F)c1[S@@](=O)C(C)(C)C. The molecular weight excluding hydrogens is 274 g/mol. The van der Waals surface area contributed by atoms with E-state index in [2.05, 4.69) is 0 Å². The van der Waals surface area contributed by atoms with Crippen LogP contribution in [-0.2, 0) is 10.8 Å². The molecule has 1 aromatic carbocycles.